The molecule has 0 saturated heterocycles. The van der Waals surface area contributed by atoms with Crippen molar-refractivity contribution in [2.75, 3.05) is 6.61 Å². The minimum absolute atomic E-state index is 0.270. The fraction of sp³-hybridized carbons (Fsp3) is 0.133. The number of nitrogens with zero attached hydrogens (tertiary/aromatic N) is 1. The number of Topliss-reactive ketones (excluding diaryl/α,β-unsaturated/α-hetero) is 1. The van der Waals surface area contributed by atoms with E-state index in [1.54, 1.807) is 18.2 Å². The van der Waals surface area contributed by atoms with Crippen LogP contribution in [0.4, 0.5) is 18.9 Å². The predicted octanol–water partition coefficient (Wildman–Crippen LogP) is 3.88. The maximum absolute atomic E-state index is 12.9. The molecule has 23 heavy (non-hydrogen) atoms. The van der Waals surface area contributed by atoms with E-state index in [1.807, 2.05) is 0 Å². The number of benzene rings is 2. The van der Waals surface area contributed by atoms with Crippen LogP contribution in [0.5, 0.6) is 5.75 Å². The lowest BCUT2D eigenvalue weighted by Gasteiger charge is -2.13. The summed E-state index contributed by atoms with van der Waals surface area (Å²) in [7, 11) is 0. The highest BCUT2D eigenvalue weighted by Gasteiger charge is 2.35. The summed E-state index contributed by atoms with van der Waals surface area (Å²) < 4.78 is 43.6. The quantitative estimate of drug-likeness (QED) is 0.475. The number of ketones is 1. The molecule has 0 amide bonds. The number of hydrogen-bond acceptors (Lipinski definition) is 4. The van der Waals surface area contributed by atoms with Crippen LogP contribution in [-0.2, 0) is 6.18 Å². The highest BCUT2D eigenvalue weighted by atomic mass is 19.4. The third-order valence-electron chi connectivity index (χ3n) is 2.94. The second-order valence-corrected chi connectivity index (χ2v) is 4.51. The van der Waals surface area contributed by atoms with Gasteiger partial charge in [0.25, 0.3) is 5.69 Å². The number of non-ortho nitro benzene ring substituents is 1. The number of alkyl halides is 3. The van der Waals surface area contributed by atoms with Gasteiger partial charge in [-0.25, -0.2) is 0 Å². The van der Waals surface area contributed by atoms with Gasteiger partial charge >= 0.3 is 6.18 Å². The summed E-state index contributed by atoms with van der Waals surface area (Å²) in [6, 6.07) is 9.80. The van der Waals surface area contributed by atoms with Crippen molar-refractivity contribution in [2.45, 2.75) is 6.18 Å². The Bertz CT molecular complexity index is 729. The van der Waals surface area contributed by atoms with Gasteiger partial charge in [-0.2, -0.15) is 13.2 Å². The SMILES string of the molecule is O=C(COc1cc([N+](=O)[O-])ccc1C(F)(F)F)c1ccccc1. The highest BCUT2D eigenvalue weighted by molar-refractivity contribution is 5.97. The van der Waals surface area contributed by atoms with Crippen LogP contribution in [-0.4, -0.2) is 17.3 Å². The first-order valence-electron chi connectivity index (χ1n) is 6.35. The topological polar surface area (TPSA) is 69.4 Å². The monoisotopic (exact) mass is 325 g/mol. The number of carbonyl (C=O) groups is 1. The van der Waals surface area contributed by atoms with Crippen molar-refractivity contribution in [3.63, 3.8) is 0 Å². The smallest absolute Gasteiger partial charge is 0.419 e. The fourth-order valence-corrected chi connectivity index (χ4v) is 1.83. The summed E-state index contributed by atoms with van der Waals surface area (Å²) in [5.41, 5.74) is -1.46. The summed E-state index contributed by atoms with van der Waals surface area (Å²) in [4.78, 5) is 21.7. The number of nitro benzene ring substituents is 1. The van der Waals surface area contributed by atoms with Crippen molar-refractivity contribution in [2.24, 2.45) is 0 Å². The van der Waals surface area contributed by atoms with Gasteiger partial charge in [-0.15, -0.1) is 0 Å². The molecule has 0 aromatic heterocycles. The molecule has 5 nitrogen and oxygen atoms in total. The van der Waals surface area contributed by atoms with Gasteiger partial charge in [0.05, 0.1) is 16.6 Å². The van der Waals surface area contributed by atoms with E-state index in [0.717, 1.165) is 6.07 Å². The molecule has 0 N–H and O–H groups in total. The van der Waals surface area contributed by atoms with E-state index in [9.17, 15) is 28.1 Å². The lowest BCUT2D eigenvalue weighted by atomic mass is 10.1. The van der Waals surface area contributed by atoms with E-state index < -0.39 is 40.5 Å². The third kappa shape index (κ3) is 4.06. The number of carbonyl (C=O) groups excluding carboxylic acids is 1. The molecule has 2 rings (SSSR count). The van der Waals surface area contributed by atoms with Crippen LogP contribution < -0.4 is 4.74 Å². The Balaban J connectivity index is 2.25. The van der Waals surface area contributed by atoms with Crippen LogP contribution in [0.3, 0.4) is 0 Å². The molecule has 0 fully saturated rings. The molecule has 0 saturated carbocycles. The molecule has 0 heterocycles. The van der Waals surface area contributed by atoms with Gasteiger partial charge in [0.15, 0.2) is 12.4 Å². The summed E-state index contributed by atoms with van der Waals surface area (Å²) >= 11 is 0. The largest absolute Gasteiger partial charge is 0.485 e. The van der Waals surface area contributed by atoms with E-state index in [2.05, 4.69) is 0 Å². The molecule has 2 aromatic rings. The molecule has 120 valence electrons. The Morgan fingerprint density at radius 1 is 1.13 bits per heavy atom. The number of rotatable bonds is 5. The van der Waals surface area contributed by atoms with E-state index in [0.29, 0.717) is 12.1 Å². The molecule has 0 unspecified atom stereocenters. The van der Waals surface area contributed by atoms with Crippen molar-refractivity contribution in [3.8, 4) is 5.75 Å². The maximum Gasteiger partial charge on any atom is 0.419 e. The zero-order chi connectivity index (χ0) is 17.0. The second-order valence-electron chi connectivity index (χ2n) is 4.51. The van der Waals surface area contributed by atoms with Gasteiger partial charge < -0.3 is 4.74 Å². The summed E-state index contributed by atoms with van der Waals surface area (Å²) in [5.74, 6) is -1.29. The van der Waals surface area contributed by atoms with Crippen LogP contribution in [0.25, 0.3) is 0 Å². The Kier molecular flexibility index (Phi) is 4.63. The van der Waals surface area contributed by atoms with Crippen LogP contribution in [0.15, 0.2) is 48.5 Å². The number of ether oxygens (including phenoxy) is 1. The average molecular weight is 325 g/mol. The first-order valence-corrected chi connectivity index (χ1v) is 6.35. The van der Waals surface area contributed by atoms with E-state index in [-0.39, 0.29) is 5.56 Å². The molecule has 0 aliphatic rings. The highest BCUT2D eigenvalue weighted by Crippen LogP contribution is 2.38. The molecule has 0 atom stereocenters. The van der Waals surface area contributed by atoms with E-state index in [1.165, 1.54) is 12.1 Å². The van der Waals surface area contributed by atoms with Crippen molar-refractivity contribution < 1.29 is 27.6 Å². The normalized spacial score (nSPS) is 11.1. The van der Waals surface area contributed by atoms with Crippen LogP contribution in [0.2, 0.25) is 0 Å². The molecule has 0 radical (unpaired) electrons. The first-order chi connectivity index (χ1) is 10.8. The van der Waals surface area contributed by atoms with Crippen molar-refractivity contribution >= 4 is 11.5 Å². The lowest BCUT2D eigenvalue weighted by Crippen LogP contribution is -2.15. The summed E-state index contributed by atoms with van der Waals surface area (Å²) in [6.45, 7) is -0.658. The Morgan fingerprint density at radius 2 is 1.78 bits per heavy atom. The van der Waals surface area contributed by atoms with E-state index in [4.69, 9.17) is 4.74 Å². The molecule has 2 aromatic carbocycles. The zero-order valence-electron chi connectivity index (χ0n) is 11.5. The Labute approximate surface area is 128 Å². The first kappa shape index (κ1) is 16.5. The van der Waals surface area contributed by atoms with Crippen LogP contribution >= 0.6 is 0 Å². The van der Waals surface area contributed by atoms with Crippen LogP contribution in [0, 0.1) is 10.1 Å². The maximum atomic E-state index is 12.9. The number of nitro groups is 1. The minimum atomic E-state index is -4.75. The predicted molar refractivity (Wildman–Crippen MR) is 74.4 cm³/mol. The van der Waals surface area contributed by atoms with Gasteiger partial charge in [0, 0.05) is 11.6 Å². The molecular formula is C15H10F3NO4. The van der Waals surface area contributed by atoms with Crippen molar-refractivity contribution in [3.05, 3.63) is 69.8 Å². The fourth-order valence-electron chi connectivity index (χ4n) is 1.83. The van der Waals surface area contributed by atoms with E-state index >= 15 is 0 Å². The molecule has 0 aliphatic carbocycles. The number of hydrogen-bond donors (Lipinski definition) is 0. The van der Waals surface area contributed by atoms with Gasteiger partial charge in [-0.3, -0.25) is 14.9 Å². The molecular weight excluding hydrogens is 315 g/mol. The van der Waals surface area contributed by atoms with Crippen LogP contribution in [0.1, 0.15) is 15.9 Å². The minimum Gasteiger partial charge on any atom is -0.485 e. The van der Waals surface area contributed by atoms with Gasteiger partial charge in [0.2, 0.25) is 0 Å². The number of halogens is 3. The average Bonchev–Trinajstić information content (AvgIpc) is 2.52. The second kappa shape index (κ2) is 6.47. The molecule has 0 aliphatic heterocycles. The van der Waals surface area contributed by atoms with Crippen molar-refractivity contribution in [1.82, 2.24) is 0 Å². The standard InChI is InChI=1S/C15H10F3NO4/c16-15(17,18)12-7-6-11(19(21)22)8-14(12)23-9-13(20)10-4-2-1-3-5-10/h1-8H,9H2. The summed E-state index contributed by atoms with van der Waals surface area (Å²) in [6.07, 6.45) is -4.75. The zero-order valence-corrected chi connectivity index (χ0v) is 11.5. The molecule has 8 heteroatoms. The summed E-state index contributed by atoms with van der Waals surface area (Å²) in [5, 5.41) is 10.7. The van der Waals surface area contributed by atoms with Gasteiger partial charge in [0.1, 0.15) is 5.75 Å². The van der Waals surface area contributed by atoms with Gasteiger partial charge in [-0.1, -0.05) is 30.3 Å². The Morgan fingerprint density at radius 3 is 2.35 bits per heavy atom. The lowest BCUT2D eigenvalue weighted by molar-refractivity contribution is -0.385. The molecule has 0 spiro atoms. The molecule has 0 bridgehead atoms. The Hall–Kier alpha value is -2.90. The van der Waals surface area contributed by atoms with Gasteiger partial charge in [-0.05, 0) is 6.07 Å². The van der Waals surface area contributed by atoms with Crippen molar-refractivity contribution in [1.29, 1.82) is 0 Å². The third-order valence-corrected chi connectivity index (χ3v) is 2.94.